The molecule has 2 nitrogen and oxygen atoms in total. The van der Waals surface area contributed by atoms with E-state index in [1.54, 1.807) is 0 Å². The van der Waals surface area contributed by atoms with E-state index in [0.717, 1.165) is 30.1 Å². The zero-order chi connectivity index (χ0) is 17.6. The largest absolute Gasteiger partial charge is 0.320 e. The maximum Gasteiger partial charge on any atom is 0.0529 e. The van der Waals surface area contributed by atoms with Crippen LogP contribution >= 0.6 is 11.6 Å². The lowest BCUT2D eigenvalue weighted by atomic mass is 10.0. The summed E-state index contributed by atoms with van der Waals surface area (Å²) in [6.45, 7) is 6.42. The Morgan fingerprint density at radius 3 is 2.76 bits per heavy atom. The van der Waals surface area contributed by atoms with E-state index in [4.69, 9.17) is 11.6 Å². The molecule has 0 fully saturated rings. The summed E-state index contributed by atoms with van der Waals surface area (Å²) in [5.74, 6) is 0. The van der Waals surface area contributed by atoms with Crippen molar-refractivity contribution in [2.45, 2.75) is 26.8 Å². The highest BCUT2D eigenvalue weighted by atomic mass is 35.5. The third-order valence-corrected chi connectivity index (χ3v) is 5.49. The van der Waals surface area contributed by atoms with Crippen LogP contribution in [0.3, 0.4) is 0 Å². The van der Waals surface area contributed by atoms with Gasteiger partial charge in [0.25, 0.3) is 0 Å². The van der Waals surface area contributed by atoms with Gasteiger partial charge in [-0.15, -0.1) is 0 Å². The Balaban J connectivity index is 1.93. The molecule has 0 saturated heterocycles. The Kier molecular flexibility index (Phi) is 4.18. The highest BCUT2D eigenvalue weighted by molar-refractivity contribution is 6.32. The SMILES string of the molecule is C/C(=C\n1c2c(c3cc(C)ccc31)CN(C)CC2)c1ccccc1Cl. The first-order valence-electron chi connectivity index (χ1n) is 8.79. The smallest absolute Gasteiger partial charge is 0.0529 e. The standard InChI is InChI=1S/C22H23ClN2/c1-15-8-9-21-18(12-15)19-14-24(3)11-10-22(19)25(21)13-16(2)17-6-4-5-7-20(17)23/h4-9,12-13H,10-11,14H2,1-3H3/b16-13+. The average Bonchev–Trinajstić information content (AvgIpc) is 2.88. The van der Waals surface area contributed by atoms with Crippen LogP contribution in [0.1, 0.15) is 29.3 Å². The third kappa shape index (κ3) is 2.90. The van der Waals surface area contributed by atoms with Crippen molar-refractivity contribution in [2.75, 3.05) is 13.6 Å². The molecule has 1 aliphatic rings. The van der Waals surface area contributed by atoms with Gasteiger partial charge in [-0.2, -0.15) is 0 Å². The number of benzene rings is 2. The third-order valence-electron chi connectivity index (χ3n) is 5.16. The molecule has 0 amide bonds. The minimum Gasteiger partial charge on any atom is -0.320 e. The molecule has 1 aliphatic heterocycles. The lowest BCUT2D eigenvalue weighted by Gasteiger charge is -2.23. The van der Waals surface area contributed by atoms with Gasteiger partial charge in [-0.05, 0) is 55.8 Å². The van der Waals surface area contributed by atoms with Crippen LogP contribution in [0.5, 0.6) is 0 Å². The molecule has 0 atom stereocenters. The summed E-state index contributed by atoms with van der Waals surface area (Å²) in [6, 6.07) is 14.8. The first kappa shape index (κ1) is 16.4. The van der Waals surface area contributed by atoms with Crippen LogP contribution in [0.2, 0.25) is 5.02 Å². The van der Waals surface area contributed by atoms with E-state index < -0.39 is 0 Å². The number of aromatic nitrogens is 1. The molecule has 128 valence electrons. The number of likely N-dealkylation sites (N-methyl/N-ethyl adjacent to an activating group) is 1. The minimum atomic E-state index is 0.803. The van der Waals surface area contributed by atoms with E-state index in [2.05, 4.69) is 60.8 Å². The molecule has 0 spiro atoms. The highest BCUT2D eigenvalue weighted by Crippen LogP contribution is 2.33. The fourth-order valence-corrected chi connectivity index (χ4v) is 4.12. The molecule has 3 heteroatoms. The second kappa shape index (κ2) is 6.36. The fraction of sp³-hybridized carbons (Fsp3) is 0.273. The van der Waals surface area contributed by atoms with E-state index in [-0.39, 0.29) is 0 Å². The van der Waals surface area contributed by atoms with Crippen LogP contribution in [-0.4, -0.2) is 23.1 Å². The van der Waals surface area contributed by atoms with Crippen molar-refractivity contribution in [1.82, 2.24) is 9.47 Å². The van der Waals surface area contributed by atoms with Gasteiger partial charge in [0.05, 0.1) is 5.52 Å². The highest BCUT2D eigenvalue weighted by Gasteiger charge is 2.21. The summed E-state index contributed by atoms with van der Waals surface area (Å²) in [6.07, 6.45) is 3.33. The van der Waals surface area contributed by atoms with Crippen LogP contribution in [-0.2, 0) is 13.0 Å². The van der Waals surface area contributed by atoms with Gasteiger partial charge in [-0.3, -0.25) is 0 Å². The Bertz CT molecular complexity index is 981. The number of fused-ring (bicyclic) bond motifs is 3. The molecule has 3 aromatic rings. The molecule has 0 unspecified atom stereocenters. The second-order valence-corrected chi connectivity index (χ2v) is 7.50. The Labute approximate surface area is 154 Å². The summed E-state index contributed by atoms with van der Waals surface area (Å²) in [4.78, 5) is 2.40. The normalized spacial score (nSPS) is 15.6. The van der Waals surface area contributed by atoms with Crippen molar-refractivity contribution in [2.24, 2.45) is 0 Å². The van der Waals surface area contributed by atoms with Gasteiger partial charge in [0.2, 0.25) is 0 Å². The molecule has 1 aromatic heterocycles. The van der Waals surface area contributed by atoms with E-state index >= 15 is 0 Å². The molecule has 0 aliphatic carbocycles. The van der Waals surface area contributed by atoms with Gasteiger partial charge >= 0.3 is 0 Å². The second-order valence-electron chi connectivity index (χ2n) is 7.10. The summed E-state index contributed by atoms with van der Waals surface area (Å²) < 4.78 is 2.38. The first-order valence-corrected chi connectivity index (χ1v) is 9.16. The van der Waals surface area contributed by atoms with Crippen LogP contribution in [0.4, 0.5) is 0 Å². The maximum atomic E-state index is 6.40. The predicted octanol–water partition coefficient (Wildman–Crippen LogP) is 5.61. The van der Waals surface area contributed by atoms with Crippen LogP contribution in [0, 0.1) is 6.92 Å². The summed E-state index contributed by atoms with van der Waals surface area (Å²) in [5, 5.41) is 2.18. The molecule has 25 heavy (non-hydrogen) atoms. The van der Waals surface area contributed by atoms with Gasteiger partial charge in [-0.25, -0.2) is 0 Å². The van der Waals surface area contributed by atoms with E-state index in [1.165, 1.54) is 33.3 Å². The average molecular weight is 351 g/mol. The summed E-state index contributed by atoms with van der Waals surface area (Å²) in [5.41, 5.74) is 7.79. The van der Waals surface area contributed by atoms with E-state index in [1.807, 2.05) is 18.2 Å². The van der Waals surface area contributed by atoms with Crippen LogP contribution < -0.4 is 0 Å². The molecule has 2 heterocycles. The topological polar surface area (TPSA) is 8.17 Å². The van der Waals surface area contributed by atoms with Gasteiger partial charge in [0.1, 0.15) is 0 Å². The van der Waals surface area contributed by atoms with E-state index in [0.29, 0.717) is 0 Å². The molecular formula is C22H23ClN2. The number of halogens is 1. The fourth-order valence-electron chi connectivity index (χ4n) is 3.83. The van der Waals surface area contributed by atoms with Gasteiger partial charge in [0.15, 0.2) is 0 Å². The maximum absolute atomic E-state index is 6.40. The lowest BCUT2D eigenvalue weighted by Crippen LogP contribution is -2.26. The van der Waals surface area contributed by atoms with Gasteiger partial charge in [0, 0.05) is 41.8 Å². The molecule has 4 rings (SSSR count). The Hall–Kier alpha value is -2.03. The molecule has 0 radical (unpaired) electrons. The summed E-state index contributed by atoms with van der Waals surface area (Å²) >= 11 is 6.40. The molecule has 2 aromatic carbocycles. The zero-order valence-corrected chi connectivity index (χ0v) is 15.8. The molecule has 0 saturated carbocycles. The van der Waals surface area contributed by atoms with Gasteiger partial charge < -0.3 is 9.47 Å². The minimum absolute atomic E-state index is 0.803. The quantitative estimate of drug-likeness (QED) is 0.583. The van der Waals surface area contributed by atoms with Crippen molar-refractivity contribution in [3.63, 3.8) is 0 Å². The van der Waals surface area contributed by atoms with Crippen molar-refractivity contribution in [1.29, 1.82) is 0 Å². The number of allylic oxidation sites excluding steroid dienone is 1. The molecule has 0 bridgehead atoms. The molecule has 0 N–H and O–H groups in total. The Morgan fingerprint density at radius 1 is 1.16 bits per heavy atom. The number of hydrogen-bond acceptors (Lipinski definition) is 1. The van der Waals surface area contributed by atoms with Crippen molar-refractivity contribution >= 4 is 34.3 Å². The van der Waals surface area contributed by atoms with Crippen LogP contribution in [0.15, 0.2) is 42.5 Å². The zero-order valence-electron chi connectivity index (χ0n) is 15.0. The van der Waals surface area contributed by atoms with Crippen molar-refractivity contribution in [3.05, 3.63) is 69.9 Å². The number of rotatable bonds is 2. The lowest BCUT2D eigenvalue weighted by molar-refractivity contribution is 0.312. The van der Waals surface area contributed by atoms with Crippen molar-refractivity contribution < 1.29 is 0 Å². The predicted molar refractivity (Wildman–Crippen MR) is 108 cm³/mol. The molecular weight excluding hydrogens is 328 g/mol. The number of aryl methyl sites for hydroxylation is 1. The monoisotopic (exact) mass is 350 g/mol. The summed E-state index contributed by atoms with van der Waals surface area (Å²) in [7, 11) is 2.20. The van der Waals surface area contributed by atoms with Crippen LogP contribution in [0.25, 0.3) is 22.7 Å². The Morgan fingerprint density at radius 2 is 1.96 bits per heavy atom. The van der Waals surface area contributed by atoms with Gasteiger partial charge in [-0.1, -0.05) is 41.4 Å². The number of hydrogen-bond donors (Lipinski definition) is 0. The first-order chi connectivity index (χ1) is 12.0. The number of nitrogens with zero attached hydrogens (tertiary/aromatic N) is 2. The van der Waals surface area contributed by atoms with E-state index in [9.17, 15) is 0 Å². The van der Waals surface area contributed by atoms with Crippen molar-refractivity contribution in [3.8, 4) is 0 Å².